The third kappa shape index (κ3) is 6.05. The summed E-state index contributed by atoms with van der Waals surface area (Å²) >= 11 is 0. The highest BCUT2D eigenvalue weighted by Crippen LogP contribution is 2.24. The van der Waals surface area contributed by atoms with Gasteiger partial charge in [0.25, 0.3) is 8.53 Å². The molecule has 100 valence electrons. The summed E-state index contributed by atoms with van der Waals surface area (Å²) in [5, 5.41) is 10.1. The first-order valence-corrected chi connectivity index (χ1v) is 6.83. The van der Waals surface area contributed by atoms with E-state index in [0.717, 1.165) is 25.9 Å². The molecule has 0 saturated carbocycles. The van der Waals surface area contributed by atoms with E-state index in [9.17, 15) is 4.79 Å². The molecule has 2 rings (SSSR count). The first kappa shape index (κ1) is 15.0. The molecular weight excluding hydrogens is 255 g/mol. The second-order valence-corrected chi connectivity index (χ2v) is 4.46. The van der Waals surface area contributed by atoms with Crippen LogP contribution in [0.5, 0.6) is 0 Å². The maximum Gasteiger partial charge on any atom is 0.335 e. The number of carboxylic acids is 1. The van der Waals surface area contributed by atoms with Crippen molar-refractivity contribution >= 4 is 14.5 Å². The fourth-order valence-corrected chi connectivity index (χ4v) is 1.87. The summed E-state index contributed by atoms with van der Waals surface area (Å²) < 4.78 is 4.84. The zero-order valence-electron chi connectivity index (χ0n) is 9.90. The zero-order chi connectivity index (χ0) is 13.4. The van der Waals surface area contributed by atoms with Crippen LogP contribution >= 0.6 is 8.53 Å². The maximum absolute atomic E-state index is 10.2. The van der Waals surface area contributed by atoms with Crippen molar-refractivity contribution in [3.8, 4) is 0 Å². The molecule has 0 radical (unpaired) electrons. The standard InChI is InChI=1S/C7H6O2.C4H11N2O2P/c8-7(9)6-4-2-1-3-5-6;5-9(7)8-6-3-1-2-4-6/h1-5H,(H,8,9);7H,1-5H2. The van der Waals surface area contributed by atoms with Crippen molar-refractivity contribution in [2.45, 2.75) is 12.8 Å². The Hall–Kier alpha value is -1.04. The van der Waals surface area contributed by atoms with Crippen LogP contribution in [0.4, 0.5) is 0 Å². The van der Waals surface area contributed by atoms with Gasteiger partial charge < -0.3 is 10.00 Å². The number of benzene rings is 1. The molecule has 0 bridgehead atoms. The molecule has 0 aromatic heterocycles. The Balaban J connectivity index is 0.000000180. The van der Waals surface area contributed by atoms with Crippen molar-refractivity contribution in [1.29, 1.82) is 0 Å². The number of carboxylic acid groups (broad SMARTS) is 1. The molecule has 1 saturated heterocycles. The van der Waals surface area contributed by atoms with Gasteiger partial charge in [0, 0.05) is 13.1 Å². The third-order valence-corrected chi connectivity index (χ3v) is 2.68. The van der Waals surface area contributed by atoms with E-state index in [2.05, 4.69) is 0 Å². The molecule has 18 heavy (non-hydrogen) atoms. The smallest absolute Gasteiger partial charge is 0.335 e. The number of nitrogens with two attached hydrogens (primary N) is 1. The van der Waals surface area contributed by atoms with E-state index in [1.165, 1.54) is 0 Å². The Morgan fingerprint density at radius 3 is 2.22 bits per heavy atom. The molecule has 1 aromatic carbocycles. The van der Waals surface area contributed by atoms with Crippen LogP contribution in [0.3, 0.4) is 0 Å². The number of hydrogen-bond donors (Lipinski definition) is 3. The minimum atomic E-state index is -1.69. The molecular formula is C11H17N2O4P. The SMILES string of the molecule is NP(O)ON1CCCC1.O=C(O)c1ccccc1. The highest BCUT2D eigenvalue weighted by molar-refractivity contribution is 7.43. The lowest BCUT2D eigenvalue weighted by molar-refractivity contribution is -0.0324. The van der Waals surface area contributed by atoms with Gasteiger partial charge in [0.2, 0.25) is 0 Å². The van der Waals surface area contributed by atoms with E-state index in [0.29, 0.717) is 5.56 Å². The fourth-order valence-electron chi connectivity index (χ4n) is 1.47. The summed E-state index contributed by atoms with van der Waals surface area (Å²) in [5.74, 6) is -0.879. The van der Waals surface area contributed by atoms with Crippen LogP contribution in [0.2, 0.25) is 0 Å². The van der Waals surface area contributed by atoms with Crippen molar-refractivity contribution in [2.75, 3.05) is 13.1 Å². The Labute approximate surface area is 107 Å². The summed E-state index contributed by atoms with van der Waals surface area (Å²) in [6.45, 7) is 1.80. The Kier molecular flexibility index (Phi) is 6.78. The number of rotatable bonds is 3. The van der Waals surface area contributed by atoms with Crippen LogP contribution in [-0.4, -0.2) is 34.1 Å². The predicted molar refractivity (Wildman–Crippen MR) is 68.6 cm³/mol. The number of nitrogens with zero attached hydrogens (tertiary/aromatic N) is 1. The minimum Gasteiger partial charge on any atom is -0.478 e. The summed E-state index contributed by atoms with van der Waals surface area (Å²) in [4.78, 5) is 18.8. The molecule has 1 unspecified atom stereocenters. The van der Waals surface area contributed by atoms with Gasteiger partial charge in [-0.25, -0.2) is 9.42 Å². The van der Waals surface area contributed by atoms with Gasteiger partial charge in [-0.3, -0.25) is 5.50 Å². The lowest BCUT2D eigenvalue weighted by Gasteiger charge is -2.14. The lowest BCUT2D eigenvalue weighted by atomic mass is 10.2. The molecule has 1 atom stereocenters. The monoisotopic (exact) mass is 272 g/mol. The lowest BCUT2D eigenvalue weighted by Crippen LogP contribution is -2.18. The molecule has 1 aliphatic rings. The number of carbonyl (C=O) groups is 1. The minimum absolute atomic E-state index is 0.331. The van der Waals surface area contributed by atoms with E-state index in [1.807, 2.05) is 0 Å². The van der Waals surface area contributed by atoms with Crippen LogP contribution in [0.15, 0.2) is 30.3 Å². The average Bonchev–Trinajstić information content (AvgIpc) is 2.83. The molecule has 7 heteroatoms. The normalized spacial score (nSPS) is 16.8. The van der Waals surface area contributed by atoms with Gasteiger partial charge in [0.1, 0.15) is 0 Å². The van der Waals surface area contributed by atoms with Crippen LogP contribution < -0.4 is 5.50 Å². The first-order chi connectivity index (χ1) is 8.59. The van der Waals surface area contributed by atoms with Crippen LogP contribution in [0.25, 0.3) is 0 Å². The Morgan fingerprint density at radius 1 is 1.28 bits per heavy atom. The Bertz CT molecular complexity index is 355. The van der Waals surface area contributed by atoms with Crippen molar-refractivity contribution in [2.24, 2.45) is 5.50 Å². The van der Waals surface area contributed by atoms with E-state index in [-0.39, 0.29) is 0 Å². The van der Waals surface area contributed by atoms with Gasteiger partial charge >= 0.3 is 5.97 Å². The molecule has 4 N–H and O–H groups in total. The quantitative estimate of drug-likeness (QED) is 0.723. The first-order valence-electron chi connectivity index (χ1n) is 5.54. The van der Waals surface area contributed by atoms with Crippen molar-refractivity contribution < 1.29 is 19.4 Å². The molecule has 0 aliphatic carbocycles. The van der Waals surface area contributed by atoms with Crippen molar-refractivity contribution in [1.82, 2.24) is 5.06 Å². The summed E-state index contributed by atoms with van der Waals surface area (Å²) in [5.41, 5.74) is 5.36. The average molecular weight is 272 g/mol. The van der Waals surface area contributed by atoms with Crippen molar-refractivity contribution in [3.05, 3.63) is 35.9 Å². The van der Waals surface area contributed by atoms with E-state index < -0.39 is 14.5 Å². The number of aromatic carboxylic acids is 1. The topological polar surface area (TPSA) is 96.0 Å². The maximum atomic E-state index is 10.2. The third-order valence-electron chi connectivity index (χ3n) is 2.28. The number of hydrogen-bond acceptors (Lipinski definition) is 5. The molecule has 6 nitrogen and oxygen atoms in total. The summed E-state index contributed by atoms with van der Waals surface area (Å²) in [7, 11) is -1.69. The molecule has 0 amide bonds. The van der Waals surface area contributed by atoms with Gasteiger partial charge in [0.15, 0.2) is 0 Å². The van der Waals surface area contributed by atoms with Gasteiger partial charge in [-0.1, -0.05) is 18.2 Å². The summed E-state index contributed by atoms with van der Waals surface area (Å²) in [6.07, 6.45) is 2.28. The molecule has 1 heterocycles. The number of hydroxylamine groups is 2. The van der Waals surface area contributed by atoms with Crippen LogP contribution in [-0.2, 0) is 4.62 Å². The molecule has 0 spiro atoms. The van der Waals surface area contributed by atoms with Gasteiger partial charge in [-0.15, -0.1) is 0 Å². The van der Waals surface area contributed by atoms with E-state index >= 15 is 0 Å². The van der Waals surface area contributed by atoms with Gasteiger partial charge in [-0.2, -0.15) is 5.06 Å². The van der Waals surface area contributed by atoms with Gasteiger partial charge in [0.05, 0.1) is 5.56 Å². The molecule has 1 aliphatic heterocycles. The van der Waals surface area contributed by atoms with Gasteiger partial charge in [-0.05, 0) is 25.0 Å². The van der Waals surface area contributed by atoms with Crippen LogP contribution in [0, 0.1) is 0 Å². The Morgan fingerprint density at radius 2 is 1.83 bits per heavy atom. The van der Waals surface area contributed by atoms with E-state index in [4.69, 9.17) is 20.1 Å². The largest absolute Gasteiger partial charge is 0.478 e. The van der Waals surface area contributed by atoms with Crippen LogP contribution in [0.1, 0.15) is 23.2 Å². The predicted octanol–water partition coefficient (Wildman–Crippen LogP) is 1.58. The molecule has 1 aromatic rings. The highest BCUT2D eigenvalue weighted by atomic mass is 31.2. The zero-order valence-corrected chi connectivity index (χ0v) is 10.8. The fraction of sp³-hybridized carbons (Fsp3) is 0.364. The highest BCUT2D eigenvalue weighted by Gasteiger charge is 2.14. The second-order valence-electron chi connectivity index (χ2n) is 3.69. The molecule has 1 fully saturated rings. The van der Waals surface area contributed by atoms with E-state index in [1.54, 1.807) is 35.4 Å². The second kappa shape index (κ2) is 8.13. The van der Waals surface area contributed by atoms with Crippen molar-refractivity contribution in [3.63, 3.8) is 0 Å². The summed E-state index contributed by atoms with van der Waals surface area (Å²) in [6, 6.07) is 8.30.